The smallest absolute Gasteiger partial charge is 1.00 e. The normalized spacial score (nSPS) is 19.0. The molecule has 0 N–H and O–H groups in total. The van der Waals surface area contributed by atoms with Crippen molar-refractivity contribution in [3.8, 4) is 11.1 Å². The Bertz CT molecular complexity index is 2260. The Balaban J connectivity index is 0.00000240. The zero-order valence-corrected chi connectivity index (χ0v) is 38.5. The van der Waals surface area contributed by atoms with Crippen LogP contribution in [0, 0.1) is 0 Å². The summed E-state index contributed by atoms with van der Waals surface area (Å²) < 4.78 is 3.71. The largest absolute Gasteiger partial charge is 1.00 e. The van der Waals surface area contributed by atoms with E-state index in [1.807, 2.05) is 0 Å². The summed E-state index contributed by atoms with van der Waals surface area (Å²) in [6.45, 7) is 20.0. The van der Waals surface area contributed by atoms with Crippen molar-refractivity contribution in [3.63, 3.8) is 0 Å². The van der Waals surface area contributed by atoms with Crippen molar-refractivity contribution >= 4 is 8.78 Å². The van der Waals surface area contributed by atoms with Crippen molar-refractivity contribution in [2.24, 2.45) is 0 Å². The van der Waals surface area contributed by atoms with Crippen molar-refractivity contribution < 1.29 is 46.1 Å². The van der Waals surface area contributed by atoms with Crippen molar-refractivity contribution in [2.45, 2.75) is 113 Å². The quantitative estimate of drug-likeness (QED) is 0.170. The zero-order valence-electron chi connectivity index (χ0n) is 34.5. The summed E-state index contributed by atoms with van der Waals surface area (Å²) in [5, 5.41) is 0. The van der Waals surface area contributed by atoms with Crippen LogP contribution in [0.5, 0.6) is 0 Å². The maximum atomic E-state index is 2.76. The maximum Gasteiger partial charge on any atom is -1.00 e. The summed E-state index contributed by atoms with van der Waals surface area (Å²) in [6, 6.07) is 45.1. The fraction of sp³-hybridized carbons (Fsp3) is 0.340. The first kappa shape index (κ1) is 41.1. The average molecular weight is 855 g/mol. The Hall–Kier alpha value is -3.09. The molecule has 3 heteroatoms. The summed E-state index contributed by atoms with van der Waals surface area (Å²) in [6.07, 6.45) is 11.1. The molecule has 0 aromatic heterocycles. The zero-order chi connectivity index (χ0) is 37.6. The molecule has 0 heterocycles. The van der Waals surface area contributed by atoms with Crippen molar-refractivity contribution in [1.82, 2.24) is 0 Å². The van der Waals surface area contributed by atoms with Crippen LogP contribution in [-0.2, 0) is 42.9 Å². The molecule has 0 aliphatic heterocycles. The molecular weight excluding hydrogens is 799 g/mol. The molecule has 4 aliphatic rings. The van der Waals surface area contributed by atoms with Gasteiger partial charge >= 0.3 is 335 Å². The molecule has 0 fully saturated rings. The number of hydrogen-bond acceptors (Lipinski definition) is 0. The third-order valence-electron chi connectivity index (χ3n) is 14.0. The second-order valence-corrected chi connectivity index (χ2v) is 25.6. The number of rotatable bonds is 5. The van der Waals surface area contributed by atoms with E-state index in [0.717, 1.165) is 6.42 Å². The number of fused-ring (bicyclic) bond motifs is 5. The van der Waals surface area contributed by atoms with E-state index in [2.05, 4.69) is 183 Å². The van der Waals surface area contributed by atoms with Gasteiger partial charge in [-0.05, 0) is 0 Å². The summed E-state index contributed by atoms with van der Waals surface area (Å²) in [4.78, 5) is 0. The van der Waals surface area contributed by atoms with E-state index in [-0.39, 0.29) is 46.5 Å². The van der Waals surface area contributed by atoms with Gasteiger partial charge in [-0.1, -0.05) is 0 Å². The summed E-state index contributed by atoms with van der Waals surface area (Å²) in [5.74, 6) is 0. The van der Waals surface area contributed by atoms with E-state index in [9.17, 15) is 0 Å². The van der Waals surface area contributed by atoms with Gasteiger partial charge in [-0.25, -0.2) is 0 Å². The monoisotopic (exact) mass is 852 g/mol. The number of hydrogen-bond donors (Lipinski definition) is 0. The van der Waals surface area contributed by atoms with Gasteiger partial charge in [-0.2, -0.15) is 0 Å². The maximum absolute atomic E-state index is 2.96. The van der Waals surface area contributed by atoms with Gasteiger partial charge in [-0.15, -0.1) is 0 Å². The Morgan fingerprint density at radius 2 is 0.875 bits per heavy atom. The molecule has 0 atom stereocenters. The third kappa shape index (κ3) is 6.87. The Morgan fingerprint density at radius 3 is 1.29 bits per heavy atom. The summed E-state index contributed by atoms with van der Waals surface area (Å²) in [5.41, 5.74) is 18.7. The fourth-order valence-electron chi connectivity index (χ4n) is 10.4. The molecule has 0 radical (unpaired) electrons. The first-order chi connectivity index (χ1) is 25.8. The van der Waals surface area contributed by atoms with Crippen LogP contribution < -0.4 is 24.8 Å². The van der Waals surface area contributed by atoms with Gasteiger partial charge in [0.2, 0.25) is 0 Å². The topological polar surface area (TPSA) is 0 Å². The van der Waals surface area contributed by atoms with E-state index in [4.69, 9.17) is 0 Å². The van der Waals surface area contributed by atoms with E-state index in [1.54, 1.807) is 39.9 Å². The summed E-state index contributed by atoms with van der Waals surface area (Å²) >= 11 is -2.96. The minimum absolute atomic E-state index is 0. The molecule has 0 unspecified atom stereocenters. The van der Waals surface area contributed by atoms with Crippen molar-refractivity contribution in [3.05, 3.63) is 181 Å². The Kier molecular flexibility index (Phi) is 11.0. The van der Waals surface area contributed by atoms with Crippen LogP contribution in [0.1, 0.15) is 141 Å². The van der Waals surface area contributed by atoms with E-state index in [0.29, 0.717) is 3.63 Å². The minimum atomic E-state index is -2.96. The number of benzene rings is 5. The molecule has 0 saturated heterocycles. The van der Waals surface area contributed by atoms with Crippen LogP contribution in [0.25, 0.3) is 16.7 Å². The molecular formula is C53H56Cl2Zr. The second-order valence-electron chi connectivity index (χ2n) is 19.4. The minimum Gasteiger partial charge on any atom is -1.00 e. The SMILES string of the molecule is CC1(C)CCC(C)(C)c2cc3c(cc21)-c1cc2c(cc1[CH]3[Zr+2]([C]1=CC(c3ccccc3)=CC1)=[C](c1ccccc1)c1ccccc1)C(C)(C)CCC2(C)C.[Cl-].[Cl-]. The van der Waals surface area contributed by atoms with Gasteiger partial charge in [0.05, 0.1) is 0 Å². The van der Waals surface area contributed by atoms with Gasteiger partial charge in [0, 0.05) is 0 Å². The molecule has 5 aromatic rings. The third-order valence-corrected chi connectivity index (χ3v) is 22.2. The van der Waals surface area contributed by atoms with Gasteiger partial charge in [0.1, 0.15) is 0 Å². The van der Waals surface area contributed by atoms with Crippen molar-refractivity contribution in [1.29, 1.82) is 0 Å². The van der Waals surface area contributed by atoms with Crippen LogP contribution in [0.3, 0.4) is 0 Å². The Labute approximate surface area is 356 Å². The van der Waals surface area contributed by atoms with E-state index >= 15 is 0 Å². The predicted octanol–water partition coefficient (Wildman–Crippen LogP) is 7.72. The van der Waals surface area contributed by atoms with E-state index < -0.39 is 21.3 Å². The van der Waals surface area contributed by atoms with Crippen LogP contribution >= 0.6 is 0 Å². The Morgan fingerprint density at radius 1 is 0.500 bits per heavy atom. The van der Waals surface area contributed by atoms with Crippen molar-refractivity contribution in [2.75, 3.05) is 0 Å². The van der Waals surface area contributed by atoms with Crippen LogP contribution in [0.15, 0.2) is 131 Å². The molecule has 56 heavy (non-hydrogen) atoms. The molecule has 286 valence electrons. The molecule has 0 saturated carbocycles. The molecule has 0 spiro atoms. The second kappa shape index (κ2) is 14.9. The van der Waals surface area contributed by atoms with Gasteiger partial charge in [-0.3, -0.25) is 0 Å². The standard InChI is InChI=1S/C29H37.C13H10.C11H9.2ClH.Zr/c1-26(2)9-11-28(5,6)24-16-20-18(14-22(24)26)13-19-15-23-25(17-21(19)20)29(7,8)12-10-27(23,3)4;1-3-7-12(8-4-1)11-13-9-5-2-6-10-13;1-2-6-10(7-3-1)11-8-4-5-9-11;;;/h13-17H,9-12H2,1-8H3;1-10H;1-3,6-9H,4H2;2*1H;/q;;;;;+2/p-2. The van der Waals surface area contributed by atoms with Gasteiger partial charge < -0.3 is 24.8 Å². The average Bonchev–Trinajstić information content (AvgIpc) is 3.78. The molecule has 5 aromatic carbocycles. The molecule has 9 rings (SSSR count). The number of allylic oxidation sites excluding steroid dienone is 4. The van der Waals surface area contributed by atoms with E-state index in [1.165, 1.54) is 59.1 Å². The summed E-state index contributed by atoms with van der Waals surface area (Å²) in [7, 11) is 0. The van der Waals surface area contributed by atoms with Crippen LogP contribution in [-0.4, -0.2) is 3.21 Å². The van der Waals surface area contributed by atoms with Crippen LogP contribution in [0.2, 0.25) is 0 Å². The van der Waals surface area contributed by atoms with Gasteiger partial charge in [0.15, 0.2) is 0 Å². The molecule has 0 bridgehead atoms. The fourth-order valence-corrected chi connectivity index (χ4v) is 19.4. The van der Waals surface area contributed by atoms with Crippen LogP contribution in [0.4, 0.5) is 0 Å². The molecule has 0 nitrogen and oxygen atoms in total. The van der Waals surface area contributed by atoms with Gasteiger partial charge in [0.25, 0.3) is 0 Å². The molecule has 0 amide bonds. The predicted molar refractivity (Wildman–Crippen MR) is 228 cm³/mol. The number of halogens is 2. The molecule has 4 aliphatic carbocycles. The first-order valence-corrected chi connectivity index (χ1v) is 24.3. The first-order valence-electron chi connectivity index (χ1n) is 20.4.